The largest absolute Gasteiger partial charge is 0.490 e. The number of hydrogen-bond acceptors (Lipinski definition) is 6. The van der Waals surface area contributed by atoms with Gasteiger partial charge in [-0.15, -0.1) is 0 Å². The summed E-state index contributed by atoms with van der Waals surface area (Å²) in [5, 5.41) is 7.33. The third-order valence-electron chi connectivity index (χ3n) is 5.12. The Morgan fingerprint density at radius 1 is 1.22 bits per heavy atom. The molecule has 4 aromatic rings. The van der Waals surface area contributed by atoms with Gasteiger partial charge in [0.05, 0.1) is 34.4 Å². The topological polar surface area (TPSA) is 94.8 Å². The van der Waals surface area contributed by atoms with Gasteiger partial charge in [0.15, 0.2) is 18.1 Å². The highest BCUT2D eigenvalue weighted by Gasteiger charge is 2.15. The molecule has 0 spiro atoms. The fourth-order valence-electron chi connectivity index (χ4n) is 3.47. The molecule has 0 aliphatic heterocycles. The first-order valence-corrected chi connectivity index (χ1v) is 12.3. The number of fused-ring (bicyclic) bond motifs is 1. The highest BCUT2D eigenvalue weighted by atomic mass is 79.9. The average Bonchev–Trinajstić information content (AvgIpc) is 2.85. The Labute approximate surface area is 224 Å². The van der Waals surface area contributed by atoms with Crippen LogP contribution >= 0.6 is 27.5 Å². The number of carbonyl (C=O) groups is 1. The Morgan fingerprint density at radius 2 is 2.00 bits per heavy atom. The summed E-state index contributed by atoms with van der Waals surface area (Å²) in [4.78, 5) is 29.7. The number of aryl methyl sites for hydroxylation is 1. The summed E-state index contributed by atoms with van der Waals surface area (Å²) >= 11 is 9.80. The van der Waals surface area contributed by atoms with Crippen molar-refractivity contribution >= 4 is 56.2 Å². The molecule has 4 rings (SSSR count). The maximum Gasteiger partial charge on any atom is 0.282 e. The van der Waals surface area contributed by atoms with Crippen molar-refractivity contribution in [3.05, 3.63) is 91.7 Å². The van der Waals surface area contributed by atoms with Gasteiger partial charge in [-0.3, -0.25) is 9.59 Å². The summed E-state index contributed by atoms with van der Waals surface area (Å²) in [6.45, 7) is 3.35. The first kappa shape index (κ1) is 26.3. The van der Waals surface area contributed by atoms with Gasteiger partial charge in [-0.1, -0.05) is 39.7 Å². The second-order valence-electron chi connectivity index (χ2n) is 7.76. The zero-order valence-corrected chi connectivity index (χ0v) is 22.1. The molecule has 1 N–H and O–H groups in total. The van der Waals surface area contributed by atoms with Crippen LogP contribution in [0.1, 0.15) is 18.3 Å². The van der Waals surface area contributed by atoms with Crippen LogP contribution in [-0.4, -0.2) is 35.0 Å². The first-order chi connectivity index (χ1) is 17.8. The molecule has 1 aromatic heterocycles. The monoisotopic (exact) mass is 586 g/mol. The van der Waals surface area contributed by atoms with E-state index < -0.39 is 18.3 Å². The second kappa shape index (κ2) is 11.5. The number of ether oxygens (including phenoxy) is 2. The zero-order valence-electron chi connectivity index (χ0n) is 19.8. The molecule has 190 valence electrons. The van der Waals surface area contributed by atoms with Crippen LogP contribution in [0.4, 0.5) is 10.1 Å². The van der Waals surface area contributed by atoms with Gasteiger partial charge in [-0.05, 0) is 61.9 Å². The number of anilines is 1. The number of carbonyl (C=O) groups excluding carboxylic acids is 1. The maximum absolute atomic E-state index is 13.8. The third kappa shape index (κ3) is 6.15. The lowest BCUT2D eigenvalue weighted by atomic mass is 10.2. The van der Waals surface area contributed by atoms with E-state index in [0.29, 0.717) is 28.9 Å². The van der Waals surface area contributed by atoms with E-state index in [1.54, 1.807) is 44.2 Å². The summed E-state index contributed by atoms with van der Waals surface area (Å²) in [7, 11) is 0. The highest BCUT2D eigenvalue weighted by Crippen LogP contribution is 2.36. The minimum atomic E-state index is -0.570. The molecule has 8 nitrogen and oxygen atoms in total. The van der Waals surface area contributed by atoms with E-state index in [2.05, 4.69) is 31.3 Å². The molecule has 11 heteroatoms. The summed E-state index contributed by atoms with van der Waals surface area (Å²) in [6.07, 6.45) is 1.45. The van der Waals surface area contributed by atoms with E-state index in [4.69, 9.17) is 21.1 Å². The molecule has 0 radical (unpaired) electrons. The standard InChI is InChI=1S/C26H21BrClFN4O4/c1-3-36-23-11-16(13-30-33-15(2)31-21-9-8-17(27)12-18(21)26(33)35)10-19(28)25(23)37-14-24(34)32-22-7-5-4-6-20(22)29/h4-13H,3,14H2,1-2H3,(H,32,34). The summed E-state index contributed by atoms with van der Waals surface area (Å²) in [5.74, 6) is -0.293. The Bertz CT molecular complexity index is 1570. The van der Waals surface area contributed by atoms with Crippen LogP contribution in [0.3, 0.4) is 0 Å². The number of benzene rings is 3. The summed E-state index contributed by atoms with van der Waals surface area (Å²) < 4.78 is 27.0. The minimum absolute atomic E-state index is 0.0415. The van der Waals surface area contributed by atoms with Gasteiger partial charge in [0.1, 0.15) is 11.6 Å². The lowest BCUT2D eigenvalue weighted by molar-refractivity contribution is -0.118. The van der Waals surface area contributed by atoms with Crippen molar-refractivity contribution in [1.82, 2.24) is 9.66 Å². The Morgan fingerprint density at radius 3 is 2.76 bits per heavy atom. The molecule has 1 heterocycles. The minimum Gasteiger partial charge on any atom is -0.490 e. The highest BCUT2D eigenvalue weighted by molar-refractivity contribution is 9.10. The normalized spacial score (nSPS) is 11.2. The van der Waals surface area contributed by atoms with E-state index in [1.165, 1.54) is 29.1 Å². The number of amides is 1. The van der Waals surface area contributed by atoms with Crippen molar-refractivity contribution < 1.29 is 18.7 Å². The molecule has 0 aliphatic rings. The third-order valence-corrected chi connectivity index (χ3v) is 5.89. The quantitative estimate of drug-likeness (QED) is 0.273. The van der Waals surface area contributed by atoms with Crippen molar-refractivity contribution in [2.45, 2.75) is 13.8 Å². The molecule has 1 amide bonds. The van der Waals surface area contributed by atoms with Gasteiger partial charge >= 0.3 is 0 Å². The van der Waals surface area contributed by atoms with Crippen molar-refractivity contribution in [1.29, 1.82) is 0 Å². The predicted octanol–water partition coefficient (Wildman–Crippen LogP) is 5.56. The SMILES string of the molecule is CCOc1cc(C=Nn2c(C)nc3ccc(Br)cc3c2=O)cc(Cl)c1OCC(=O)Nc1ccccc1F. The molecular weight excluding hydrogens is 567 g/mol. The van der Waals surface area contributed by atoms with Crippen molar-refractivity contribution in [2.75, 3.05) is 18.5 Å². The summed E-state index contributed by atoms with van der Waals surface area (Å²) in [6, 6.07) is 14.2. The number of nitrogens with zero attached hydrogens (tertiary/aromatic N) is 3. The van der Waals surface area contributed by atoms with Crippen LogP contribution in [0.25, 0.3) is 10.9 Å². The Balaban J connectivity index is 1.57. The van der Waals surface area contributed by atoms with Crippen molar-refractivity contribution in [3.8, 4) is 11.5 Å². The molecule has 3 aromatic carbocycles. The first-order valence-electron chi connectivity index (χ1n) is 11.1. The van der Waals surface area contributed by atoms with E-state index in [1.807, 2.05) is 6.07 Å². The van der Waals surface area contributed by atoms with E-state index in [0.717, 1.165) is 4.47 Å². The van der Waals surface area contributed by atoms with Crippen LogP contribution in [0.5, 0.6) is 11.5 Å². The van der Waals surface area contributed by atoms with Crippen molar-refractivity contribution in [2.24, 2.45) is 5.10 Å². The fourth-order valence-corrected chi connectivity index (χ4v) is 4.11. The average molecular weight is 588 g/mol. The molecule has 0 saturated heterocycles. The molecule has 0 saturated carbocycles. The molecule has 0 bridgehead atoms. The van der Waals surface area contributed by atoms with Crippen LogP contribution in [0.15, 0.2) is 69.0 Å². The number of aromatic nitrogens is 2. The van der Waals surface area contributed by atoms with Crippen LogP contribution < -0.4 is 20.3 Å². The molecule has 0 aliphatic carbocycles. The lowest BCUT2D eigenvalue weighted by Crippen LogP contribution is -2.21. The van der Waals surface area contributed by atoms with Gasteiger partial charge < -0.3 is 14.8 Å². The van der Waals surface area contributed by atoms with E-state index in [9.17, 15) is 14.0 Å². The van der Waals surface area contributed by atoms with Crippen LogP contribution in [0, 0.1) is 12.7 Å². The van der Waals surface area contributed by atoms with Crippen LogP contribution in [0.2, 0.25) is 5.02 Å². The second-order valence-corrected chi connectivity index (χ2v) is 9.08. The van der Waals surface area contributed by atoms with Crippen molar-refractivity contribution in [3.63, 3.8) is 0 Å². The summed E-state index contributed by atoms with van der Waals surface area (Å²) in [5.41, 5.74) is 0.813. The smallest absolute Gasteiger partial charge is 0.282 e. The maximum atomic E-state index is 13.8. The van der Waals surface area contributed by atoms with E-state index in [-0.39, 0.29) is 27.8 Å². The number of para-hydroxylation sites is 1. The molecule has 0 atom stereocenters. The molecule has 37 heavy (non-hydrogen) atoms. The fraction of sp³-hybridized carbons (Fsp3) is 0.154. The van der Waals surface area contributed by atoms with Gasteiger partial charge in [0.2, 0.25) is 0 Å². The molecular formula is C26H21BrClFN4O4. The van der Waals surface area contributed by atoms with Gasteiger partial charge in [-0.2, -0.15) is 9.78 Å². The lowest BCUT2D eigenvalue weighted by Gasteiger charge is -2.14. The van der Waals surface area contributed by atoms with Gasteiger partial charge in [0, 0.05) is 4.47 Å². The number of halogens is 3. The number of hydrogen-bond donors (Lipinski definition) is 1. The molecule has 0 fully saturated rings. The van der Waals surface area contributed by atoms with Gasteiger partial charge in [-0.25, -0.2) is 9.37 Å². The Kier molecular flexibility index (Phi) is 8.20. The van der Waals surface area contributed by atoms with Crippen LogP contribution in [-0.2, 0) is 4.79 Å². The number of rotatable bonds is 8. The molecule has 0 unspecified atom stereocenters. The van der Waals surface area contributed by atoms with Gasteiger partial charge in [0.25, 0.3) is 11.5 Å². The van der Waals surface area contributed by atoms with E-state index >= 15 is 0 Å². The Hall–Kier alpha value is -3.76. The predicted molar refractivity (Wildman–Crippen MR) is 145 cm³/mol. The zero-order chi connectivity index (χ0) is 26.5. The number of nitrogens with one attached hydrogen (secondary N) is 1.